The molecule has 0 radical (unpaired) electrons. The van der Waals surface area contributed by atoms with E-state index in [1.165, 1.54) is 15.4 Å². The van der Waals surface area contributed by atoms with Crippen LogP contribution in [0.1, 0.15) is 40.5 Å². The van der Waals surface area contributed by atoms with Gasteiger partial charge in [0.15, 0.2) is 0 Å². The Morgan fingerprint density at radius 1 is 1.32 bits per heavy atom. The van der Waals surface area contributed by atoms with Gasteiger partial charge in [0, 0.05) is 28.0 Å². The third-order valence-corrected chi connectivity index (χ3v) is 4.47. The van der Waals surface area contributed by atoms with E-state index in [9.17, 15) is 0 Å². The molecule has 0 amide bonds. The third-order valence-electron chi connectivity index (χ3n) is 3.29. The van der Waals surface area contributed by atoms with Crippen LogP contribution in [0.2, 0.25) is 0 Å². The summed E-state index contributed by atoms with van der Waals surface area (Å²) in [6.07, 6.45) is 1.11. The van der Waals surface area contributed by atoms with Crippen LogP contribution in [0.15, 0.2) is 18.2 Å². The summed E-state index contributed by atoms with van der Waals surface area (Å²) in [7, 11) is 0. The van der Waals surface area contributed by atoms with Gasteiger partial charge in [-0.15, -0.1) is 11.3 Å². The summed E-state index contributed by atoms with van der Waals surface area (Å²) in [4.78, 5) is 2.80. The van der Waals surface area contributed by atoms with Gasteiger partial charge < -0.3 is 5.32 Å². The lowest BCUT2D eigenvalue weighted by atomic mass is 10.2. The number of nitrogens with one attached hydrogen (secondary N) is 1. The SMILES string of the molecule is Cc1cc(C)n(CCCNC(C)c2ccc(C)s2)n1. The fraction of sp³-hybridized carbons (Fsp3) is 0.533. The molecule has 2 aromatic rings. The summed E-state index contributed by atoms with van der Waals surface area (Å²) >= 11 is 1.88. The van der Waals surface area contributed by atoms with Gasteiger partial charge in [0.2, 0.25) is 0 Å². The zero-order valence-corrected chi connectivity index (χ0v) is 13.0. The lowest BCUT2D eigenvalue weighted by Crippen LogP contribution is -2.20. The monoisotopic (exact) mass is 277 g/mol. The molecule has 4 heteroatoms. The van der Waals surface area contributed by atoms with Crippen molar-refractivity contribution in [1.29, 1.82) is 0 Å². The second-order valence-electron chi connectivity index (χ2n) is 5.13. The van der Waals surface area contributed by atoms with Gasteiger partial charge in [-0.2, -0.15) is 5.10 Å². The Morgan fingerprint density at radius 3 is 2.68 bits per heavy atom. The summed E-state index contributed by atoms with van der Waals surface area (Å²) in [6, 6.07) is 6.98. The Morgan fingerprint density at radius 2 is 2.11 bits per heavy atom. The van der Waals surface area contributed by atoms with Gasteiger partial charge in [0.25, 0.3) is 0 Å². The number of rotatable bonds is 6. The zero-order chi connectivity index (χ0) is 13.8. The molecular weight excluding hydrogens is 254 g/mol. The molecule has 2 aromatic heterocycles. The lowest BCUT2D eigenvalue weighted by molar-refractivity contribution is 0.503. The molecule has 0 aromatic carbocycles. The van der Waals surface area contributed by atoms with Gasteiger partial charge in [-0.25, -0.2) is 0 Å². The Hall–Kier alpha value is -1.13. The van der Waals surface area contributed by atoms with E-state index in [1.807, 2.05) is 18.3 Å². The van der Waals surface area contributed by atoms with Crippen LogP contribution in [0.3, 0.4) is 0 Å². The van der Waals surface area contributed by atoms with Gasteiger partial charge in [-0.05, 0) is 58.9 Å². The van der Waals surface area contributed by atoms with Crippen molar-refractivity contribution >= 4 is 11.3 Å². The van der Waals surface area contributed by atoms with Crippen molar-refractivity contribution < 1.29 is 0 Å². The molecule has 104 valence electrons. The molecule has 0 aliphatic carbocycles. The number of hydrogen-bond acceptors (Lipinski definition) is 3. The molecular formula is C15H23N3S. The van der Waals surface area contributed by atoms with Gasteiger partial charge >= 0.3 is 0 Å². The maximum absolute atomic E-state index is 4.48. The predicted molar refractivity (Wildman–Crippen MR) is 81.8 cm³/mol. The van der Waals surface area contributed by atoms with Crippen LogP contribution < -0.4 is 5.32 Å². The molecule has 2 rings (SSSR count). The topological polar surface area (TPSA) is 29.9 Å². The first-order chi connectivity index (χ1) is 9.06. The Labute approximate surface area is 119 Å². The zero-order valence-electron chi connectivity index (χ0n) is 12.2. The van der Waals surface area contributed by atoms with Crippen LogP contribution >= 0.6 is 11.3 Å². The van der Waals surface area contributed by atoms with Crippen LogP contribution in [-0.2, 0) is 6.54 Å². The number of aryl methyl sites for hydroxylation is 4. The fourth-order valence-corrected chi connectivity index (χ4v) is 3.14. The van der Waals surface area contributed by atoms with Crippen molar-refractivity contribution in [2.75, 3.05) is 6.54 Å². The fourth-order valence-electron chi connectivity index (χ4n) is 2.24. The first kappa shape index (κ1) is 14.3. The standard InChI is InChI=1S/C15H23N3S/c1-11-10-12(2)18(17-11)9-5-8-16-14(4)15-7-6-13(3)19-15/h6-7,10,14,16H,5,8-9H2,1-4H3. The van der Waals surface area contributed by atoms with Crippen LogP contribution in [0.5, 0.6) is 0 Å². The first-order valence-electron chi connectivity index (χ1n) is 6.87. The quantitative estimate of drug-likeness (QED) is 0.817. The van der Waals surface area contributed by atoms with E-state index in [2.05, 4.69) is 54.1 Å². The minimum absolute atomic E-state index is 0.444. The highest BCUT2D eigenvalue weighted by molar-refractivity contribution is 7.12. The second-order valence-corrected chi connectivity index (χ2v) is 6.45. The minimum Gasteiger partial charge on any atom is -0.309 e. The van der Waals surface area contributed by atoms with E-state index in [0.717, 1.165) is 25.2 Å². The molecule has 0 bridgehead atoms. The van der Waals surface area contributed by atoms with Crippen molar-refractivity contribution in [3.05, 3.63) is 39.3 Å². The lowest BCUT2D eigenvalue weighted by Gasteiger charge is -2.12. The Balaban J connectivity index is 1.73. The molecule has 0 fully saturated rings. The average Bonchev–Trinajstić information content (AvgIpc) is 2.91. The molecule has 0 saturated heterocycles. The largest absolute Gasteiger partial charge is 0.309 e. The highest BCUT2D eigenvalue weighted by atomic mass is 32.1. The van der Waals surface area contributed by atoms with Gasteiger partial charge in [0.1, 0.15) is 0 Å². The van der Waals surface area contributed by atoms with Crippen LogP contribution in [0.4, 0.5) is 0 Å². The predicted octanol–water partition coefficient (Wildman–Crippen LogP) is 3.61. The van der Waals surface area contributed by atoms with E-state index < -0.39 is 0 Å². The molecule has 3 nitrogen and oxygen atoms in total. The Bertz CT molecular complexity index is 527. The number of nitrogens with zero attached hydrogens (tertiary/aromatic N) is 2. The van der Waals surface area contributed by atoms with Crippen LogP contribution in [-0.4, -0.2) is 16.3 Å². The molecule has 0 aliphatic rings. The van der Waals surface area contributed by atoms with E-state index >= 15 is 0 Å². The third kappa shape index (κ3) is 3.91. The molecule has 0 saturated carbocycles. The van der Waals surface area contributed by atoms with Crippen molar-refractivity contribution in [3.63, 3.8) is 0 Å². The van der Waals surface area contributed by atoms with Crippen LogP contribution in [0.25, 0.3) is 0 Å². The summed E-state index contributed by atoms with van der Waals surface area (Å²) in [5.74, 6) is 0. The maximum Gasteiger partial charge on any atom is 0.0596 e. The van der Waals surface area contributed by atoms with Crippen molar-refractivity contribution in [1.82, 2.24) is 15.1 Å². The molecule has 19 heavy (non-hydrogen) atoms. The molecule has 2 heterocycles. The number of aromatic nitrogens is 2. The van der Waals surface area contributed by atoms with Gasteiger partial charge in [0.05, 0.1) is 5.69 Å². The van der Waals surface area contributed by atoms with Crippen molar-refractivity contribution in [2.45, 2.75) is 46.7 Å². The van der Waals surface area contributed by atoms with E-state index in [0.29, 0.717) is 6.04 Å². The second kappa shape index (κ2) is 6.35. The maximum atomic E-state index is 4.48. The van der Waals surface area contributed by atoms with Gasteiger partial charge in [-0.3, -0.25) is 4.68 Å². The molecule has 1 unspecified atom stereocenters. The normalized spacial score (nSPS) is 12.8. The van der Waals surface area contributed by atoms with E-state index in [1.54, 1.807) is 0 Å². The molecule has 0 spiro atoms. The van der Waals surface area contributed by atoms with Gasteiger partial charge in [-0.1, -0.05) is 0 Å². The summed E-state index contributed by atoms with van der Waals surface area (Å²) in [6.45, 7) is 10.6. The summed E-state index contributed by atoms with van der Waals surface area (Å²) in [5, 5.41) is 8.06. The number of thiophene rings is 1. The minimum atomic E-state index is 0.444. The highest BCUT2D eigenvalue weighted by Gasteiger charge is 2.06. The van der Waals surface area contributed by atoms with E-state index in [-0.39, 0.29) is 0 Å². The molecule has 1 atom stereocenters. The highest BCUT2D eigenvalue weighted by Crippen LogP contribution is 2.22. The Kier molecular flexibility index (Phi) is 4.77. The van der Waals surface area contributed by atoms with Crippen LogP contribution in [0, 0.1) is 20.8 Å². The summed E-state index contributed by atoms with van der Waals surface area (Å²) in [5.41, 5.74) is 2.35. The first-order valence-corrected chi connectivity index (χ1v) is 7.68. The molecule has 0 aliphatic heterocycles. The summed E-state index contributed by atoms with van der Waals surface area (Å²) < 4.78 is 2.09. The average molecular weight is 277 g/mol. The smallest absolute Gasteiger partial charge is 0.0596 e. The van der Waals surface area contributed by atoms with Crippen molar-refractivity contribution in [3.8, 4) is 0 Å². The van der Waals surface area contributed by atoms with E-state index in [4.69, 9.17) is 0 Å². The van der Waals surface area contributed by atoms with Crippen molar-refractivity contribution in [2.24, 2.45) is 0 Å². The molecule has 1 N–H and O–H groups in total. The number of hydrogen-bond donors (Lipinski definition) is 1.